The van der Waals surface area contributed by atoms with Gasteiger partial charge in [0.15, 0.2) is 0 Å². The van der Waals surface area contributed by atoms with Gasteiger partial charge in [-0.25, -0.2) is 9.97 Å². The molecule has 2 unspecified atom stereocenters. The maximum atomic E-state index is 10.2. The lowest BCUT2D eigenvalue weighted by atomic mass is 9.89. The van der Waals surface area contributed by atoms with Crippen molar-refractivity contribution in [2.75, 3.05) is 11.9 Å². The van der Waals surface area contributed by atoms with Gasteiger partial charge in [-0.05, 0) is 25.8 Å². The molecule has 2 N–H and O–H groups in total. The van der Waals surface area contributed by atoms with Crippen LogP contribution in [0.2, 0.25) is 0 Å². The molecule has 1 heterocycles. The third kappa shape index (κ3) is 3.45. The molecular formula is C12H21N3O. The molecule has 1 aromatic heterocycles. The second-order valence-corrected chi connectivity index (χ2v) is 4.54. The molecule has 0 bridgehead atoms. The van der Waals surface area contributed by atoms with E-state index in [4.69, 9.17) is 0 Å². The predicted molar refractivity (Wildman–Crippen MR) is 65.3 cm³/mol. The minimum absolute atomic E-state index is 0.241. The van der Waals surface area contributed by atoms with Crippen molar-refractivity contribution in [1.29, 1.82) is 0 Å². The van der Waals surface area contributed by atoms with E-state index in [-0.39, 0.29) is 5.92 Å². The average Bonchev–Trinajstić information content (AvgIpc) is 2.25. The molecule has 4 heteroatoms. The predicted octanol–water partition coefficient (Wildman–Crippen LogP) is 1.99. The highest BCUT2D eigenvalue weighted by molar-refractivity contribution is 5.25. The summed E-state index contributed by atoms with van der Waals surface area (Å²) < 4.78 is 0. The summed E-state index contributed by atoms with van der Waals surface area (Å²) in [5.41, 5.74) is 0.183. The van der Waals surface area contributed by atoms with Crippen molar-refractivity contribution in [1.82, 2.24) is 9.97 Å². The lowest BCUT2D eigenvalue weighted by Crippen LogP contribution is -2.40. The average molecular weight is 223 g/mol. The van der Waals surface area contributed by atoms with Crippen LogP contribution in [0.25, 0.3) is 0 Å². The van der Waals surface area contributed by atoms with Crippen molar-refractivity contribution in [2.24, 2.45) is 5.92 Å². The van der Waals surface area contributed by atoms with Crippen LogP contribution in [0.3, 0.4) is 0 Å². The fraction of sp³-hybridized carbons (Fsp3) is 0.667. The first-order valence-corrected chi connectivity index (χ1v) is 5.71. The van der Waals surface area contributed by atoms with Crippen LogP contribution in [0, 0.1) is 12.8 Å². The molecule has 1 aromatic rings. The van der Waals surface area contributed by atoms with Crippen LogP contribution in [-0.4, -0.2) is 27.2 Å². The quantitative estimate of drug-likeness (QED) is 0.801. The number of nitrogens with one attached hydrogen (secondary N) is 1. The van der Waals surface area contributed by atoms with Crippen molar-refractivity contribution >= 4 is 5.95 Å². The molecular weight excluding hydrogens is 202 g/mol. The molecule has 0 saturated heterocycles. The molecule has 0 aliphatic rings. The zero-order chi connectivity index (χ0) is 12.2. The molecule has 1 rings (SSSR count). The molecule has 16 heavy (non-hydrogen) atoms. The van der Waals surface area contributed by atoms with Gasteiger partial charge in [-0.3, -0.25) is 0 Å². The molecule has 0 saturated carbocycles. The van der Waals surface area contributed by atoms with Gasteiger partial charge in [0, 0.05) is 18.4 Å². The standard InChI is InChI=1S/C12H21N3O/c1-5-9(2)12(4,16)8-14-11-13-7-6-10(3)15-11/h6-7,9,16H,5,8H2,1-4H3,(H,13,14,15). The number of rotatable bonds is 5. The Balaban J connectivity index is 2.57. The van der Waals surface area contributed by atoms with Crippen molar-refractivity contribution in [3.8, 4) is 0 Å². The second-order valence-electron chi connectivity index (χ2n) is 4.54. The van der Waals surface area contributed by atoms with Crippen molar-refractivity contribution in [3.63, 3.8) is 0 Å². The molecule has 0 fully saturated rings. The SMILES string of the molecule is CCC(C)C(C)(O)CNc1nccc(C)n1. The number of aromatic nitrogens is 2. The van der Waals surface area contributed by atoms with Crippen molar-refractivity contribution in [3.05, 3.63) is 18.0 Å². The summed E-state index contributed by atoms with van der Waals surface area (Å²) in [7, 11) is 0. The van der Waals surface area contributed by atoms with Crippen LogP contribution in [0.1, 0.15) is 32.9 Å². The van der Waals surface area contributed by atoms with Crippen LogP contribution in [0.4, 0.5) is 5.95 Å². The Labute approximate surface area is 97.1 Å². The first-order valence-electron chi connectivity index (χ1n) is 5.71. The summed E-state index contributed by atoms with van der Waals surface area (Å²) in [6.45, 7) is 8.33. The maximum absolute atomic E-state index is 10.2. The van der Waals surface area contributed by atoms with Crippen LogP contribution in [0.5, 0.6) is 0 Å². The molecule has 0 amide bonds. The summed E-state index contributed by atoms with van der Waals surface area (Å²) in [5.74, 6) is 0.813. The molecule has 0 radical (unpaired) electrons. The summed E-state index contributed by atoms with van der Waals surface area (Å²) in [6.07, 6.45) is 2.66. The van der Waals surface area contributed by atoms with E-state index in [9.17, 15) is 5.11 Å². The fourth-order valence-corrected chi connectivity index (χ4v) is 1.41. The van der Waals surface area contributed by atoms with Gasteiger partial charge in [0.1, 0.15) is 0 Å². The van der Waals surface area contributed by atoms with Gasteiger partial charge >= 0.3 is 0 Å². The summed E-state index contributed by atoms with van der Waals surface area (Å²) in [6, 6.07) is 1.85. The van der Waals surface area contributed by atoms with Gasteiger partial charge in [0.05, 0.1) is 5.60 Å². The van der Waals surface area contributed by atoms with Crippen LogP contribution in [-0.2, 0) is 0 Å². The largest absolute Gasteiger partial charge is 0.388 e. The van der Waals surface area contributed by atoms with Crippen LogP contribution < -0.4 is 5.32 Å². The van der Waals surface area contributed by atoms with Crippen molar-refractivity contribution < 1.29 is 5.11 Å². The lowest BCUT2D eigenvalue weighted by Gasteiger charge is -2.29. The molecule has 2 atom stereocenters. The molecule has 4 nitrogen and oxygen atoms in total. The Kier molecular flexibility index (Phi) is 4.24. The Hall–Kier alpha value is -1.16. The Morgan fingerprint density at radius 3 is 2.81 bits per heavy atom. The summed E-state index contributed by atoms with van der Waals surface area (Å²) in [5, 5.41) is 13.3. The van der Waals surface area contributed by atoms with Gasteiger partial charge in [0.2, 0.25) is 5.95 Å². The first-order chi connectivity index (χ1) is 7.45. The zero-order valence-electron chi connectivity index (χ0n) is 10.5. The maximum Gasteiger partial charge on any atom is 0.222 e. The summed E-state index contributed by atoms with van der Waals surface area (Å²) >= 11 is 0. The zero-order valence-corrected chi connectivity index (χ0v) is 10.5. The highest BCUT2D eigenvalue weighted by Gasteiger charge is 2.26. The number of anilines is 1. The van der Waals surface area contributed by atoms with Gasteiger partial charge in [-0.1, -0.05) is 20.3 Å². The fourth-order valence-electron chi connectivity index (χ4n) is 1.41. The third-order valence-electron chi connectivity index (χ3n) is 3.07. The minimum Gasteiger partial charge on any atom is -0.388 e. The van der Waals surface area contributed by atoms with Gasteiger partial charge in [-0.15, -0.1) is 0 Å². The van der Waals surface area contributed by atoms with E-state index in [2.05, 4.69) is 22.2 Å². The lowest BCUT2D eigenvalue weighted by molar-refractivity contribution is 0.0174. The third-order valence-corrected chi connectivity index (χ3v) is 3.07. The molecule has 0 aliphatic carbocycles. The monoisotopic (exact) mass is 223 g/mol. The van der Waals surface area contributed by atoms with E-state index in [0.29, 0.717) is 12.5 Å². The van der Waals surface area contributed by atoms with Gasteiger partial charge < -0.3 is 10.4 Å². The first kappa shape index (κ1) is 12.9. The van der Waals surface area contributed by atoms with Gasteiger partial charge in [-0.2, -0.15) is 0 Å². The Morgan fingerprint density at radius 1 is 1.56 bits per heavy atom. The number of nitrogens with zero attached hydrogens (tertiary/aromatic N) is 2. The smallest absolute Gasteiger partial charge is 0.222 e. The molecule has 0 aliphatic heterocycles. The topological polar surface area (TPSA) is 58.0 Å². The van der Waals surface area contributed by atoms with Crippen molar-refractivity contribution in [2.45, 2.75) is 39.7 Å². The second kappa shape index (κ2) is 5.25. The van der Waals surface area contributed by atoms with E-state index >= 15 is 0 Å². The molecule has 90 valence electrons. The number of hydrogen-bond acceptors (Lipinski definition) is 4. The van der Waals surface area contributed by atoms with Crippen LogP contribution in [0.15, 0.2) is 12.3 Å². The van der Waals surface area contributed by atoms with E-state index in [1.807, 2.05) is 26.8 Å². The Bertz CT molecular complexity index is 339. The van der Waals surface area contributed by atoms with Gasteiger partial charge in [0.25, 0.3) is 0 Å². The summed E-state index contributed by atoms with van der Waals surface area (Å²) in [4.78, 5) is 8.32. The van der Waals surface area contributed by atoms with E-state index in [0.717, 1.165) is 12.1 Å². The highest BCUT2D eigenvalue weighted by atomic mass is 16.3. The van der Waals surface area contributed by atoms with E-state index < -0.39 is 5.60 Å². The number of aryl methyl sites for hydroxylation is 1. The normalized spacial score (nSPS) is 16.6. The number of aliphatic hydroxyl groups is 1. The Morgan fingerprint density at radius 2 is 2.25 bits per heavy atom. The number of hydrogen-bond donors (Lipinski definition) is 2. The van der Waals surface area contributed by atoms with Crippen LogP contribution >= 0.6 is 0 Å². The molecule has 0 aromatic carbocycles. The highest BCUT2D eigenvalue weighted by Crippen LogP contribution is 2.19. The molecule has 0 spiro atoms. The van der Waals surface area contributed by atoms with E-state index in [1.165, 1.54) is 0 Å². The van der Waals surface area contributed by atoms with E-state index in [1.54, 1.807) is 6.20 Å². The minimum atomic E-state index is -0.734.